The number of aromatic nitrogens is 1. The van der Waals surface area contributed by atoms with E-state index in [9.17, 15) is 9.59 Å². The Labute approximate surface area is 127 Å². The van der Waals surface area contributed by atoms with E-state index in [0.29, 0.717) is 5.13 Å². The molecule has 0 atom stereocenters. The van der Waals surface area contributed by atoms with Crippen molar-refractivity contribution < 1.29 is 14.7 Å². The Kier molecular flexibility index (Phi) is 4.20. The van der Waals surface area contributed by atoms with Crippen LogP contribution in [-0.4, -0.2) is 21.8 Å². The second-order valence-electron chi connectivity index (χ2n) is 4.10. The minimum absolute atomic E-state index is 0.146. The molecule has 0 aliphatic carbocycles. The molecule has 104 valence electrons. The van der Waals surface area contributed by atoms with Crippen LogP contribution in [0.15, 0.2) is 22.7 Å². The highest BCUT2D eigenvalue weighted by Gasteiger charge is 2.20. The molecule has 0 saturated heterocycles. The smallest absolute Gasteiger partial charge is 0.356 e. The zero-order valence-electron chi connectivity index (χ0n) is 10.7. The van der Waals surface area contributed by atoms with Gasteiger partial charge in [0.05, 0.1) is 0 Å². The van der Waals surface area contributed by atoms with Gasteiger partial charge in [-0.15, -0.1) is 0 Å². The molecule has 0 bridgehead atoms. The van der Waals surface area contributed by atoms with Crippen molar-refractivity contribution >= 4 is 49.8 Å². The van der Waals surface area contributed by atoms with Crippen molar-refractivity contribution in [2.45, 2.75) is 13.8 Å². The maximum absolute atomic E-state index is 11.4. The van der Waals surface area contributed by atoms with Crippen LogP contribution < -0.4 is 5.32 Å². The number of carboxylic acids is 1. The number of nitrogens with one attached hydrogen (secondary N) is 1. The van der Waals surface area contributed by atoms with Gasteiger partial charge in [-0.25, -0.2) is 9.78 Å². The van der Waals surface area contributed by atoms with Gasteiger partial charge in [0.1, 0.15) is 4.88 Å². The fraction of sp³-hybridized carbons (Fsp3) is 0.154. The summed E-state index contributed by atoms with van der Waals surface area (Å²) in [4.78, 5) is 26.6. The summed E-state index contributed by atoms with van der Waals surface area (Å²) in [5, 5.41) is 12.5. The Bertz CT molecular complexity index is 665. The van der Waals surface area contributed by atoms with E-state index in [2.05, 4.69) is 26.2 Å². The van der Waals surface area contributed by atoms with Gasteiger partial charge in [-0.2, -0.15) is 0 Å². The second kappa shape index (κ2) is 5.72. The molecule has 0 radical (unpaired) electrons. The molecule has 0 spiro atoms. The van der Waals surface area contributed by atoms with Crippen molar-refractivity contribution in [1.29, 1.82) is 0 Å². The van der Waals surface area contributed by atoms with Crippen LogP contribution in [0.25, 0.3) is 0 Å². The number of carboxylic acid groups (broad SMARTS) is 1. The standard InChI is InChI=1S/C13H11BrN2O3S/c1-6-8(14)4-3-5-9(6)15-13-16-10(12(18)19)11(20-13)7(2)17/h3-5H,1-2H3,(H,15,16)(H,18,19). The van der Waals surface area contributed by atoms with Gasteiger partial charge in [0.25, 0.3) is 0 Å². The predicted octanol–water partition coefficient (Wildman–Crippen LogP) is 3.86. The number of hydrogen-bond acceptors (Lipinski definition) is 5. The van der Waals surface area contributed by atoms with Gasteiger partial charge in [0.15, 0.2) is 16.6 Å². The van der Waals surface area contributed by atoms with Gasteiger partial charge in [-0.05, 0) is 24.6 Å². The lowest BCUT2D eigenvalue weighted by Gasteiger charge is -2.07. The van der Waals surface area contributed by atoms with Crippen LogP contribution in [0.5, 0.6) is 0 Å². The van der Waals surface area contributed by atoms with E-state index in [1.807, 2.05) is 25.1 Å². The van der Waals surface area contributed by atoms with E-state index in [1.165, 1.54) is 6.92 Å². The summed E-state index contributed by atoms with van der Waals surface area (Å²) in [6, 6.07) is 5.62. The molecule has 0 amide bonds. The summed E-state index contributed by atoms with van der Waals surface area (Å²) in [7, 11) is 0. The van der Waals surface area contributed by atoms with Crippen LogP contribution in [-0.2, 0) is 0 Å². The average molecular weight is 355 g/mol. The third-order valence-electron chi connectivity index (χ3n) is 2.66. The molecule has 0 saturated carbocycles. The number of carbonyl (C=O) groups excluding carboxylic acids is 1. The number of halogens is 1. The lowest BCUT2D eigenvalue weighted by Crippen LogP contribution is -2.03. The summed E-state index contributed by atoms with van der Waals surface area (Å²) >= 11 is 4.46. The normalized spacial score (nSPS) is 10.3. The van der Waals surface area contributed by atoms with Gasteiger partial charge in [0.2, 0.25) is 0 Å². The summed E-state index contributed by atoms with van der Waals surface area (Å²) in [5.41, 5.74) is 1.57. The number of thiazole rings is 1. The number of ketones is 1. The average Bonchev–Trinajstić information content (AvgIpc) is 2.79. The molecule has 0 aliphatic rings. The molecular weight excluding hydrogens is 344 g/mol. The Morgan fingerprint density at radius 3 is 2.65 bits per heavy atom. The molecule has 0 fully saturated rings. The number of aromatic carboxylic acids is 1. The zero-order chi connectivity index (χ0) is 14.9. The molecule has 2 rings (SSSR count). The molecular formula is C13H11BrN2O3S. The fourth-order valence-corrected chi connectivity index (χ4v) is 2.85. The van der Waals surface area contributed by atoms with E-state index in [4.69, 9.17) is 5.11 Å². The number of hydrogen-bond donors (Lipinski definition) is 2. The first kappa shape index (κ1) is 14.7. The van der Waals surface area contributed by atoms with Crippen LogP contribution in [0.1, 0.15) is 32.6 Å². The molecule has 5 nitrogen and oxygen atoms in total. The minimum atomic E-state index is -1.20. The van der Waals surface area contributed by atoms with Crippen molar-refractivity contribution in [2.75, 3.05) is 5.32 Å². The van der Waals surface area contributed by atoms with Crippen LogP contribution in [0, 0.1) is 6.92 Å². The Morgan fingerprint density at radius 2 is 2.10 bits per heavy atom. The first-order valence-corrected chi connectivity index (χ1v) is 7.28. The summed E-state index contributed by atoms with van der Waals surface area (Å²) in [6.45, 7) is 3.25. The molecule has 2 N–H and O–H groups in total. The van der Waals surface area contributed by atoms with E-state index in [0.717, 1.165) is 27.1 Å². The Balaban J connectivity index is 2.40. The predicted molar refractivity (Wildman–Crippen MR) is 81.2 cm³/mol. The van der Waals surface area contributed by atoms with Crippen molar-refractivity contribution in [3.8, 4) is 0 Å². The zero-order valence-corrected chi connectivity index (χ0v) is 13.1. The molecule has 7 heteroatoms. The first-order chi connectivity index (χ1) is 9.40. The second-order valence-corrected chi connectivity index (χ2v) is 5.95. The molecule has 1 aromatic carbocycles. The van der Waals surface area contributed by atoms with Gasteiger partial charge >= 0.3 is 5.97 Å². The van der Waals surface area contributed by atoms with Crippen LogP contribution in [0.2, 0.25) is 0 Å². The molecule has 1 aromatic heterocycles. The maximum atomic E-state index is 11.4. The van der Waals surface area contributed by atoms with E-state index >= 15 is 0 Å². The van der Waals surface area contributed by atoms with Crippen LogP contribution >= 0.6 is 27.3 Å². The highest BCUT2D eigenvalue weighted by atomic mass is 79.9. The maximum Gasteiger partial charge on any atom is 0.356 e. The van der Waals surface area contributed by atoms with Gasteiger partial charge in [0, 0.05) is 17.1 Å². The largest absolute Gasteiger partial charge is 0.476 e. The van der Waals surface area contributed by atoms with Gasteiger partial charge < -0.3 is 10.4 Å². The van der Waals surface area contributed by atoms with Crippen molar-refractivity contribution in [3.63, 3.8) is 0 Å². The van der Waals surface area contributed by atoms with Crippen LogP contribution in [0.3, 0.4) is 0 Å². The van der Waals surface area contributed by atoms with E-state index in [-0.39, 0.29) is 16.4 Å². The third kappa shape index (κ3) is 2.88. The number of Topliss-reactive ketones (excluding diaryl/α,β-unsaturated/α-hetero) is 1. The van der Waals surface area contributed by atoms with Crippen molar-refractivity contribution in [3.05, 3.63) is 38.8 Å². The monoisotopic (exact) mass is 354 g/mol. The third-order valence-corrected chi connectivity index (χ3v) is 4.59. The summed E-state index contributed by atoms with van der Waals surface area (Å²) in [5.74, 6) is -1.51. The van der Waals surface area contributed by atoms with Gasteiger partial charge in [-0.1, -0.05) is 33.3 Å². The number of anilines is 2. The van der Waals surface area contributed by atoms with Crippen LogP contribution in [0.4, 0.5) is 10.8 Å². The number of rotatable bonds is 4. The molecule has 0 aliphatic heterocycles. The molecule has 20 heavy (non-hydrogen) atoms. The lowest BCUT2D eigenvalue weighted by atomic mass is 10.2. The lowest BCUT2D eigenvalue weighted by molar-refractivity contribution is 0.0687. The van der Waals surface area contributed by atoms with Crippen molar-refractivity contribution in [1.82, 2.24) is 4.98 Å². The Hall–Kier alpha value is -1.73. The molecule has 2 aromatic rings. The number of carbonyl (C=O) groups is 2. The first-order valence-electron chi connectivity index (χ1n) is 5.67. The summed E-state index contributed by atoms with van der Waals surface area (Å²) in [6.07, 6.45) is 0. The molecule has 0 unspecified atom stereocenters. The SMILES string of the molecule is CC(=O)c1sc(Nc2cccc(Br)c2C)nc1C(=O)O. The highest BCUT2D eigenvalue weighted by molar-refractivity contribution is 9.10. The quantitative estimate of drug-likeness (QED) is 0.815. The number of nitrogens with zero attached hydrogens (tertiary/aromatic N) is 1. The van der Waals surface area contributed by atoms with Crippen molar-refractivity contribution in [2.24, 2.45) is 0 Å². The van der Waals surface area contributed by atoms with E-state index < -0.39 is 5.97 Å². The fourth-order valence-electron chi connectivity index (χ4n) is 1.62. The van der Waals surface area contributed by atoms with Gasteiger partial charge in [-0.3, -0.25) is 4.79 Å². The minimum Gasteiger partial charge on any atom is -0.476 e. The highest BCUT2D eigenvalue weighted by Crippen LogP contribution is 2.30. The molecule has 1 heterocycles. The topological polar surface area (TPSA) is 79.3 Å². The summed E-state index contributed by atoms with van der Waals surface area (Å²) < 4.78 is 0.935. The number of benzene rings is 1. The van der Waals surface area contributed by atoms with E-state index in [1.54, 1.807) is 0 Å². The Morgan fingerprint density at radius 1 is 1.40 bits per heavy atom.